The van der Waals surface area contributed by atoms with E-state index in [0.717, 1.165) is 17.9 Å². The van der Waals surface area contributed by atoms with Gasteiger partial charge in [-0.25, -0.2) is 0 Å². The molecular formula is C14H30NO2-. The first kappa shape index (κ1) is 16.9. The molecule has 3 heteroatoms. The van der Waals surface area contributed by atoms with Gasteiger partial charge in [0.15, 0.2) is 0 Å². The number of unbranched alkanes of at least 4 members (excludes halogenated alkanes) is 9. The Bertz CT molecular complexity index is 151. The zero-order chi connectivity index (χ0) is 12.9. The highest BCUT2D eigenvalue weighted by Gasteiger charge is 1.98. The molecule has 0 saturated carbocycles. The van der Waals surface area contributed by atoms with E-state index in [1.54, 1.807) is 0 Å². The van der Waals surface area contributed by atoms with E-state index in [0.29, 0.717) is 6.54 Å². The van der Waals surface area contributed by atoms with Crippen molar-refractivity contribution in [2.24, 2.45) is 0 Å². The van der Waals surface area contributed by atoms with Gasteiger partial charge in [0.2, 0.25) is 0 Å². The molecule has 0 aromatic carbocycles. The molecule has 0 aromatic rings. The van der Waals surface area contributed by atoms with Crippen LogP contribution in [0.5, 0.6) is 0 Å². The predicted octanol–water partition coefficient (Wildman–Crippen LogP) is 4.05. The molecule has 1 unspecified atom stereocenters. The molecule has 0 heterocycles. The summed E-state index contributed by atoms with van der Waals surface area (Å²) in [4.78, 5) is 0. The standard InChI is InChI=1S/C14H30NO2/c1-3-4-5-6-7-8-9-10-11-12-13-15(17)14(2)16/h14,16H,3-13H2,1-2H3/q-1. The number of aliphatic hydroxyl groups excluding tert-OH is 1. The zero-order valence-corrected chi connectivity index (χ0v) is 11.7. The van der Waals surface area contributed by atoms with Crippen LogP contribution in [0.25, 0.3) is 0 Å². The fourth-order valence-corrected chi connectivity index (χ4v) is 1.94. The van der Waals surface area contributed by atoms with Crippen LogP contribution in [0.2, 0.25) is 0 Å². The van der Waals surface area contributed by atoms with Gasteiger partial charge in [-0.3, -0.25) is 0 Å². The van der Waals surface area contributed by atoms with Gasteiger partial charge < -0.3 is 15.4 Å². The van der Waals surface area contributed by atoms with Crippen molar-refractivity contribution in [1.82, 2.24) is 5.06 Å². The Morgan fingerprint density at radius 3 is 1.71 bits per heavy atom. The minimum Gasteiger partial charge on any atom is -0.783 e. The third-order valence-electron chi connectivity index (χ3n) is 3.15. The van der Waals surface area contributed by atoms with Crippen molar-refractivity contribution in [1.29, 1.82) is 0 Å². The van der Waals surface area contributed by atoms with E-state index in [9.17, 15) is 5.21 Å². The van der Waals surface area contributed by atoms with Crippen LogP contribution in [0.3, 0.4) is 0 Å². The Hall–Kier alpha value is -0.120. The molecule has 0 rings (SSSR count). The lowest BCUT2D eigenvalue weighted by Gasteiger charge is -2.30. The molecule has 0 aliphatic carbocycles. The monoisotopic (exact) mass is 244 g/mol. The molecular weight excluding hydrogens is 214 g/mol. The van der Waals surface area contributed by atoms with Gasteiger partial charge in [-0.05, 0) is 19.9 Å². The summed E-state index contributed by atoms with van der Waals surface area (Å²) in [6.45, 7) is 4.23. The van der Waals surface area contributed by atoms with E-state index in [-0.39, 0.29) is 0 Å². The first-order chi connectivity index (χ1) is 8.18. The smallest absolute Gasteiger partial charge is 0.0928 e. The molecule has 0 fully saturated rings. The van der Waals surface area contributed by atoms with Gasteiger partial charge in [0.1, 0.15) is 0 Å². The van der Waals surface area contributed by atoms with Gasteiger partial charge in [0.05, 0.1) is 6.23 Å². The Morgan fingerprint density at radius 2 is 1.29 bits per heavy atom. The second-order valence-electron chi connectivity index (χ2n) is 4.95. The molecule has 0 aliphatic rings. The van der Waals surface area contributed by atoms with Crippen molar-refractivity contribution in [3.05, 3.63) is 5.21 Å². The number of hydroxylamine groups is 2. The summed E-state index contributed by atoms with van der Waals surface area (Å²) in [5, 5.41) is 20.8. The van der Waals surface area contributed by atoms with Gasteiger partial charge in [-0.2, -0.15) is 0 Å². The third kappa shape index (κ3) is 12.1. The van der Waals surface area contributed by atoms with E-state index in [1.807, 2.05) is 0 Å². The zero-order valence-electron chi connectivity index (χ0n) is 11.7. The molecule has 0 bridgehead atoms. The van der Waals surface area contributed by atoms with Gasteiger partial charge in [-0.1, -0.05) is 64.7 Å². The normalized spacial score (nSPS) is 13.2. The number of rotatable bonds is 12. The second-order valence-corrected chi connectivity index (χ2v) is 4.95. The SMILES string of the molecule is CCCCCCCCCCCCN([O-])C(C)O. The Labute approximate surface area is 107 Å². The lowest BCUT2D eigenvalue weighted by Crippen LogP contribution is -2.27. The van der Waals surface area contributed by atoms with Gasteiger partial charge >= 0.3 is 0 Å². The fraction of sp³-hybridized carbons (Fsp3) is 1.00. The molecule has 0 radical (unpaired) electrons. The van der Waals surface area contributed by atoms with Crippen LogP contribution in [-0.2, 0) is 0 Å². The van der Waals surface area contributed by atoms with Crippen molar-refractivity contribution in [2.45, 2.75) is 84.3 Å². The van der Waals surface area contributed by atoms with E-state index in [4.69, 9.17) is 5.11 Å². The average molecular weight is 244 g/mol. The first-order valence-electron chi connectivity index (χ1n) is 7.30. The van der Waals surface area contributed by atoms with E-state index >= 15 is 0 Å². The third-order valence-corrected chi connectivity index (χ3v) is 3.15. The maximum atomic E-state index is 11.0. The Balaban J connectivity index is 3.03. The van der Waals surface area contributed by atoms with Gasteiger partial charge in [0.25, 0.3) is 0 Å². The molecule has 3 nitrogen and oxygen atoms in total. The van der Waals surface area contributed by atoms with Crippen molar-refractivity contribution in [2.75, 3.05) is 6.54 Å². The number of hydrogen-bond donors (Lipinski definition) is 1. The van der Waals surface area contributed by atoms with E-state index in [1.165, 1.54) is 58.3 Å². The molecule has 0 aliphatic heterocycles. The first-order valence-corrected chi connectivity index (χ1v) is 7.30. The highest BCUT2D eigenvalue weighted by atomic mass is 16.5. The Kier molecular flexibility index (Phi) is 12.3. The largest absolute Gasteiger partial charge is 0.783 e. The fourth-order valence-electron chi connectivity index (χ4n) is 1.94. The van der Waals surface area contributed by atoms with Crippen LogP contribution in [-0.4, -0.2) is 22.9 Å². The second kappa shape index (κ2) is 12.3. The average Bonchev–Trinajstić information content (AvgIpc) is 2.31. The van der Waals surface area contributed by atoms with Crippen molar-refractivity contribution in [3.63, 3.8) is 0 Å². The maximum absolute atomic E-state index is 11.0. The number of hydrogen-bond acceptors (Lipinski definition) is 3. The van der Waals surface area contributed by atoms with Crippen molar-refractivity contribution < 1.29 is 5.11 Å². The topological polar surface area (TPSA) is 46.5 Å². The van der Waals surface area contributed by atoms with E-state index in [2.05, 4.69) is 6.92 Å². The van der Waals surface area contributed by atoms with Crippen LogP contribution in [0.15, 0.2) is 0 Å². The van der Waals surface area contributed by atoms with Crippen LogP contribution in [0, 0.1) is 5.21 Å². The molecule has 0 amide bonds. The lowest BCUT2D eigenvalue weighted by atomic mass is 10.1. The number of aliphatic hydroxyl groups is 1. The summed E-state index contributed by atoms with van der Waals surface area (Å²) in [6, 6.07) is 0. The van der Waals surface area contributed by atoms with E-state index < -0.39 is 6.23 Å². The maximum Gasteiger partial charge on any atom is 0.0928 e. The lowest BCUT2D eigenvalue weighted by molar-refractivity contribution is 0.0535. The molecule has 1 atom stereocenters. The minimum absolute atomic E-state index is 0.466. The molecule has 0 spiro atoms. The van der Waals surface area contributed by atoms with Crippen LogP contribution in [0.1, 0.15) is 78.1 Å². The van der Waals surface area contributed by atoms with Gasteiger partial charge in [-0.15, -0.1) is 0 Å². The van der Waals surface area contributed by atoms with Crippen LogP contribution < -0.4 is 0 Å². The van der Waals surface area contributed by atoms with Crippen molar-refractivity contribution in [3.8, 4) is 0 Å². The quantitative estimate of drug-likeness (QED) is 0.320. The van der Waals surface area contributed by atoms with Crippen molar-refractivity contribution >= 4 is 0 Å². The minimum atomic E-state index is -0.853. The summed E-state index contributed by atoms with van der Waals surface area (Å²) >= 11 is 0. The molecule has 1 N–H and O–H groups in total. The Morgan fingerprint density at radius 1 is 0.882 bits per heavy atom. The molecule has 0 aromatic heterocycles. The highest BCUT2D eigenvalue weighted by Crippen LogP contribution is 2.10. The predicted molar refractivity (Wildman–Crippen MR) is 73.6 cm³/mol. The van der Waals surface area contributed by atoms with Crippen LogP contribution in [0.4, 0.5) is 0 Å². The molecule has 17 heavy (non-hydrogen) atoms. The molecule has 104 valence electrons. The summed E-state index contributed by atoms with van der Waals surface area (Å²) in [7, 11) is 0. The van der Waals surface area contributed by atoms with Gasteiger partial charge in [0, 0.05) is 0 Å². The number of nitrogens with zero attached hydrogens (tertiary/aromatic N) is 1. The summed E-state index contributed by atoms with van der Waals surface area (Å²) < 4.78 is 0. The summed E-state index contributed by atoms with van der Waals surface area (Å²) in [6.07, 6.45) is 11.8. The van der Waals surface area contributed by atoms with Crippen LogP contribution >= 0.6 is 0 Å². The summed E-state index contributed by atoms with van der Waals surface area (Å²) in [5.41, 5.74) is 0. The molecule has 0 saturated heterocycles. The summed E-state index contributed by atoms with van der Waals surface area (Å²) in [5.74, 6) is 0. The highest BCUT2D eigenvalue weighted by molar-refractivity contribution is 4.57.